The summed E-state index contributed by atoms with van der Waals surface area (Å²) in [4.78, 5) is 22.7. The van der Waals surface area contributed by atoms with Crippen LogP contribution in [0, 0.1) is 0 Å². The van der Waals surface area contributed by atoms with Crippen LogP contribution < -0.4 is 5.32 Å². The van der Waals surface area contributed by atoms with E-state index in [-0.39, 0.29) is 12.3 Å². The second kappa shape index (κ2) is 6.15. The van der Waals surface area contributed by atoms with Crippen LogP contribution in [-0.4, -0.2) is 24.3 Å². The molecule has 0 aliphatic rings. The van der Waals surface area contributed by atoms with Crippen LogP contribution in [0.3, 0.4) is 0 Å². The molecule has 92 valence electrons. The van der Waals surface area contributed by atoms with Crippen LogP contribution in [0.15, 0.2) is 11.8 Å². The van der Waals surface area contributed by atoms with Gasteiger partial charge in [0, 0.05) is 0 Å². The average molecular weight is 229 g/mol. The first-order valence-electron chi connectivity index (χ1n) is 5.13. The molecule has 1 amide bonds. The van der Waals surface area contributed by atoms with Crippen molar-refractivity contribution in [2.75, 3.05) is 6.61 Å². The van der Waals surface area contributed by atoms with Gasteiger partial charge in [-0.2, -0.15) is 0 Å². The van der Waals surface area contributed by atoms with Gasteiger partial charge in [0.15, 0.2) is 0 Å². The zero-order chi connectivity index (χ0) is 12.8. The van der Waals surface area contributed by atoms with Gasteiger partial charge in [0.25, 0.3) is 0 Å². The summed E-state index contributed by atoms with van der Waals surface area (Å²) in [7, 11) is 0. The summed E-state index contributed by atoms with van der Waals surface area (Å²) >= 11 is 0. The number of alkyl carbamates (subject to hydrolysis) is 1. The van der Waals surface area contributed by atoms with Crippen LogP contribution in [-0.2, 0) is 14.3 Å². The minimum atomic E-state index is -0.673. The Morgan fingerprint density at radius 2 is 1.88 bits per heavy atom. The zero-order valence-electron chi connectivity index (χ0n) is 10.4. The van der Waals surface area contributed by atoms with Crippen molar-refractivity contribution in [1.82, 2.24) is 5.32 Å². The first kappa shape index (κ1) is 14.5. The molecule has 0 saturated carbocycles. The van der Waals surface area contributed by atoms with Gasteiger partial charge in [0.05, 0.1) is 6.61 Å². The minimum absolute atomic E-state index is 0.0797. The monoisotopic (exact) mass is 229 g/mol. The summed E-state index contributed by atoms with van der Waals surface area (Å²) in [5, 5.41) is 2.33. The van der Waals surface area contributed by atoms with Crippen molar-refractivity contribution in [2.24, 2.45) is 0 Å². The third-order valence-corrected chi connectivity index (χ3v) is 1.42. The summed E-state index contributed by atoms with van der Waals surface area (Å²) in [5.41, 5.74) is -0.520. The highest BCUT2D eigenvalue weighted by atomic mass is 16.6. The van der Waals surface area contributed by atoms with E-state index in [9.17, 15) is 9.59 Å². The lowest BCUT2D eigenvalue weighted by molar-refractivity contribution is -0.139. The van der Waals surface area contributed by atoms with E-state index in [0.29, 0.717) is 0 Å². The van der Waals surface area contributed by atoms with Gasteiger partial charge in [-0.1, -0.05) is 6.08 Å². The molecule has 0 radical (unpaired) electrons. The lowest BCUT2D eigenvalue weighted by Gasteiger charge is -2.20. The number of esters is 1. The van der Waals surface area contributed by atoms with Gasteiger partial charge in [-0.25, -0.2) is 9.59 Å². The molecule has 5 nitrogen and oxygen atoms in total. The number of carbonyl (C=O) groups is 2. The van der Waals surface area contributed by atoms with Crippen molar-refractivity contribution in [3.63, 3.8) is 0 Å². The van der Waals surface area contributed by atoms with E-state index in [0.717, 1.165) is 0 Å². The maximum atomic E-state index is 11.4. The molecule has 1 N–H and O–H groups in total. The average Bonchev–Trinajstić information content (AvgIpc) is 2.11. The van der Waals surface area contributed by atoms with E-state index in [1.807, 2.05) is 0 Å². The van der Waals surface area contributed by atoms with E-state index in [1.165, 1.54) is 6.08 Å². The lowest BCUT2D eigenvalue weighted by atomic mass is 10.2. The molecule has 0 aromatic rings. The summed E-state index contributed by atoms with van der Waals surface area (Å²) < 4.78 is 9.75. The molecule has 0 aromatic carbocycles. The summed E-state index contributed by atoms with van der Waals surface area (Å²) in [6.45, 7) is 8.80. The van der Waals surface area contributed by atoms with Gasteiger partial charge < -0.3 is 9.47 Å². The Hall–Kier alpha value is -1.52. The van der Waals surface area contributed by atoms with Gasteiger partial charge in [-0.05, 0) is 34.6 Å². The highest BCUT2D eigenvalue weighted by Gasteiger charge is 2.19. The zero-order valence-corrected chi connectivity index (χ0v) is 10.4. The molecule has 0 unspecified atom stereocenters. The van der Waals surface area contributed by atoms with Crippen molar-refractivity contribution in [3.8, 4) is 0 Å². The number of allylic oxidation sites excluding steroid dienone is 1. The highest BCUT2D eigenvalue weighted by molar-refractivity contribution is 5.92. The van der Waals surface area contributed by atoms with E-state index >= 15 is 0 Å². The topological polar surface area (TPSA) is 64.6 Å². The van der Waals surface area contributed by atoms with Crippen molar-refractivity contribution < 1.29 is 19.1 Å². The highest BCUT2D eigenvalue weighted by Crippen LogP contribution is 2.07. The number of carbonyl (C=O) groups excluding carboxylic acids is 2. The van der Waals surface area contributed by atoms with Crippen LogP contribution in [0.4, 0.5) is 4.79 Å². The van der Waals surface area contributed by atoms with Gasteiger partial charge in [0.2, 0.25) is 0 Å². The molecular formula is C11H19NO4. The molecule has 0 spiro atoms. The maximum absolute atomic E-state index is 11.4. The number of ether oxygens (including phenoxy) is 2. The second-order valence-corrected chi connectivity index (χ2v) is 4.05. The SMILES string of the molecule is C/C=C(/NC(=O)OC(C)(C)C)C(=O)OCC. The molecule has 0 saturated heterocycles. The van der Waals surface area contributed by atoms with Gasteiger partial charge >= 0.3 is 12.1 Å². The lowest BCUT2D eigenvalue weighted by Crippen LogP contribution is -2.34. The van der Waals surface area contributed by atoms with Gasteiger partial charge in [-0.15, -0.1) is 0 Å². The van der Waals surface area contributed by atoms with Crippen LogP contribution >= 0.6 is 0 Å². The molecule has 5 heteroatoms. The third kappa shape index (κ3) is 6.06. The molecule has 0 aliphatic heterocycles. The molecule has 0 bridgehead atoms. The predicted octanol–water partition coefficient (Wildman–Crippen LogP) is 1.98. The molecule has 0 fully saturated rings. The van der Waals surface area contributed by atoms with Crippen LogP contribution in [0.2, 0.25) is 0 Å². The Morgan fingerprint density at radius 3 is 2.25 bits per heavy atom. The fourth-order valence-electron chi connectivity index (χ4n) is 0.863. The van der Waals surface area contributed by atoms with Crippen molar-refractivity contribution in [2.45, 2.75) is 40.2 Å². The number of hydrogen-bond acceptors (Lipinski definition) is 4. The minimum Gasteiger partial charge on any atom is -0.461 e. The number of rotatable bonds is 3. The Morgan fingerprint density at radius 1 is 1.31 bits per heavy atom. The predicted molar refractivity (Wildman–Crippen MR) is 59.8 cm³/mol. The summed E-state index contributed by atoms with van der Waals surface area (Å²) in [5.74, 6) is -0.573. The Kier molecular flexibility index (Phi) is 5.56. The smallest absolute Gasteiger partial charge is 0.412 e. The molecule has 0 rings (SSSR count). The number of hydrogen-bond donors (Lipinski definition) is 1. The van der Waals surface area contributed by atoms with Crippen LogP contribution in [0.25, 0.3) is 0 Å². The van der Waals surface area contributed by atoms with Crippen molar-refractivity contribution in [1.29, 1.82) is 0 Å². The Balaban J connectivity index is 4.35. The van der Waals surface area contributed by atoms with Crippen LogP contribution in [0.5, 0.6) is 0 Å². The van der Waals surface area contributed by atoms with Crippen LogP contribution in [0.1, 0.15) is 34.6 Å². The first-order valence-corrected chi connectivity index (χ1v) is 5.13. The molecule has 0 atom stereocenters. The second-order valence-electron chi connectivity index (χ2n) is 4.05. The Bertz CT molecular complexity index is 289. The number of nitrogens with one attached hydrogen (secondary N) is 1. The fourth-order valence-corrected chi connectivity index (χ4v) is 0.863. The standard InChI is InChI=1S/C11H19NO4/c1-6-8(9(13)15-7-2)12-10(14)16-11(3,4)5/h6H,7H2,1-5H3,(H,12,14)/b8-6+. The largest absolute Gasteiger partial charge is 0.461 e. The fraction of sp³-hybridized carbons (Fsp3) is 0.636. The summed E-state index contributed by atoms with van der Waals surface area (Å²) in [6, 6.07) is 0. The van der Waals surface area contributed by atoms with Gasteiger partial charge in [0.1, 0.15) is 11.3 Å². The summed E-state index contributed by atoms with van der Waals surface area (Å²) in [6.07, 6.45) is 0.788. The molecular weight excluding hydrogens is 210 g/mol. The molecule has 0 heterocycles. The molecule has 16 heavy (non-hydrogen) atoms. The maximum Gasteiger partial charge on any atom is 0.412 e. The van der Waals surface area contributed by atoms with E-state index in [2.05, 4.69) is 5.32 Å². The molecule has 0 aliphatic carbocycles. The van der Waals surface area contributed by atoms with Crippen molar-refractivity contribution in [3.05, 3.63) is 11.8 Å². The van der Waals surface area contributed by atoms with E-state index in [4.69, 9.17) is 9.47 Å². The molecule has 0 aromatic heterocycles. The number of amides is 1. The normalized spacial score (nSPS) is 11.9. The third-order valence-electron chi connectivity index (χ3n) is 1.42. The van der Waals surface area contributed by atoms with Gasteiger partial charge in [-0.3, -0.25) is 5.32 Å². The first-order chi connectivity index (χ1) is 7.30. The van der Waals surface area contributed by atoms with E-state index < -0.39 is 17.7 Å². The Labute approximate surface area is 95.8 Å². The van der Waals surface area contributed by atoms with Crippen molar-refractivity contribution >= 4 is 12.1 Å². The van der Waals surface area contributed by atoms with E-state index in [1.54, 1.807) is 34.6 Å². The quantitative estimate of drug-likeness (QED) is 0.593.